The van der Waals surface area contributed by atoms with Gasteiger partial charge in [0.05, 0.1) is 12.7 Å². The fraction of sp³-hybridized carbons (Fsp3) is 0.167. The minimum atomic E-state index is -4.35. The molecule has 0 saturated carbocycles. The number of esters is 1. The number of ether oxygens (including phenoxy) is 2. The van der Waals surface area contributed by atoms with Crippen LogP contribution in [-0.2, 0) is 17.5 Å². The maximum absolute atomic E-state index is 12.5. The van der Waals surface area contributed by atoms with Crippen LogP contribution in [0.25, 0.3) is 10.1 Å². The standard InChI is InChI=1S/C18H13F3O3S/c1-23-17(22)16-8-12-4-7-14(9-15(12)25-16)24-10-11-2-5-13(6-3-11)18(19,20)21/h2-9H,10H2,1H3. The van der Waals surface area contributed by atoms with Crippen molar-refractivity contribution in [3.63, 3.8) is 0 Å². The van der Waals surface area contributed by atoms with Gasteiger partial charge in [0.25, 0.3) is 0 Å². The molecule has 3 rings (SSSR count). The van der Waals surface area contributed by atoms with Gasteiger partial charge in [0, 0.05) is 4.70 Å². The molecule has 0 aliphatic rings. The number of alkyl halides is 3. The van der Waals surface area contributed by atoms with Gasteiger partial charge >= 0.3 is 12.1 Å². The predicted octanol–water partition coefficient (Wildman–Crippen LogP) is 5.29. The van der Waals surface area contributed by atoms with Crippen molar-refractivity contribution in [2.75, 3.05) is 7.11 Å². The average molecular weight is 366 g/mol. The first-order valence-electron chi connectivity index (χ1n) is 7.27. The lowest BCUT2D eigenvalue weighted by Gasteiger charge is -2.09. The number of hydrogen-bond donors (Lipinski definition) is 0. The minimum absolute atomic E-state index is 0.152. The quantitative estimate of drug-likeness (QED) is 0.589. The Bertz CT molecular complexity index is 898. The zero-order chi connectivity index (χ0) is 18.0. The van der Waals surface area contributed by atoms with Crippen molar-refractivity contribution in [1.82, 2.24) is 0 Å². The molecule has 1 heterocycles. The van der Waals surface area contributed by atoms with E-state index in [0.717, 1.165) is 22.2 Å². The van der Waals surface area contributed by atoms with Crippen molar-refractivity contribution in [1.29, 1.82) is 0 Å². The van der Waals surface area contributed by atoms with Crippen LogP contribution in [0.15, 0.2) is 48.5 Å². The largest absolute Gasteiger partial charge is 0.489 e. The van der Waals surface area contributed by atoms with Gasteiger partial charge in [0.15, 0.2) is 0 Å². The molecule has 130 valence electrons. The van der Waals surface area contributed by atoms with E-state index in [1.165, 1.54) is 30.6 Å². The van der Waals surface area contributed by atoms with Crippen LogP contribution in [0.5, 0.6) is 5.75 Å². The maximum atomic E-state index is 12.5. The van der Waals surface area contributed by atoms with Gasteiger partial charge in [-0.1, -0.05) is 12.1 Å². The first-order chi connectivity index (χ1) is 11.9. The third kappa shape index (κ3) is 3.93. The monoisotopic (exact) mass is 366 g/mol. The van der Waals surface area contributed by atoms with Crippen molar-refractivity contribution >= 4 is 27.4 Å². The fourth-order valence-corrected chi connectivity index (χ4v) is 3.27. The average Bonchev–Trinajstić information content (AvgIpc) is 3.02. The van der Waals surface area contributed by atoms with Gasteiger partial charge < -0.3 is 9.47 Å². The van der Waals surface area contributed by atoms with E-state index in [-0.39, 0.29) is 6.61 Å². The van der Waals surface area contributed by atoms with Gasteiger partial charge in [0.2, 0.25) is 0 Å². The van der Waals surface area contributed by atoms with Crippen LogP contribution < -0.4 is 4.74 Å². The second kappa shape index (κ2) is 6.76. The number of benzene rings is 2. The van der Waals surface area contributed by atoms with Gasteiger partial charge in [-0.05, 0) is 47.3 Å². The third-order valence-electron chi connectivity index (χ3n) is 3.56. The summed E-state index contributed by atoms with van der Waals surface area (Å²) < 4.78 is 48.8. The van der Waals surface area contributed by atoms with Crippen LogP contribution in [0.4, 0.5) is 13.2 Å². The maximum Gasteiger partial charge on any atom is 0.416 e. The molecule has 25 heavy (non-hydrogen) atoms. The number of halogens is 3. The van der Waals surface area contributed by atoms with Crippen molar-refractivity contribution in [3.05, 3.63) is 64.5 Å². The van der Waals surface area contributed by atoms with Crippen molar-refractivity contribution in [2.45, 2.75) is 12.8 Å². The van der Waals surface area contributed by atoms with Gasteiger partial charge in [0.1, 0.15) is 17.2 Å². The van der Waals surface area contributed by atoms with Gasteiger partial charge in [-0.2, -0.15) is 13.2 Å². The molecule has 0 aliphatic heterocycles. The van der Waals surface area contributed by atoms with Gasteiger partial charge in [-0.25, -0.2) is 4.79 Å². The molecule has 0 radical (unpaired) electrons. The van der Waals surface area contributed by atoms with E-state index in [9.17, 15) is 18.0 Å². The highest BCUT2D eigenvalue weighted by atomic mass is 32.1. The second-order valence-corrected chi connectivity index (χ2v) is 6.37. The number of carbonyl (C=O) groups is 1. The fourth-order valence-electron chi connectivity index (χ4n) is 2.26. The van der Waals surface area contributed by atoms with Gasteiger partial charge in [-0.15, -0.1) is 11.3 Å². The van der Waals surface area contributed by atoms with E-state index < -0.39 is 17.7 Å². The number of thiophene rings is 1. The van der Waals surface area contributed by atoms with Crippen molar-refractivity contribution in [3.8, 4) is 5.75 Å². The first kappa shape index (κ1) is 17.3. The highest BCUT2D eigenvalue weighted by Gasteiger charge is 2.29. The molecule has 3 nitrogen and oxygen atoms in total. The molecule has 0 spiro atoms. The Hall–Kier alpha value is -2.54. The van der Waals surface area contributed by atoms with Crippen LogP contribution in [-0.4, -0.2) is 13.1 Å². The highest BCUT2D eigenvalue weighted by Crippen LogP contribution is 2.31. The van der Waals surface area contributed by atoms with Crippen molar-refractivity contribution < 1.29 is 27.4 Å². The van der Waals surface area contributed by atoms with Crippen LogP contribution in [0.2, 0.25) is 0 Å². The van der Waals surface area contributed by atoms with E-state index >= 15 is 0 Å². The van der Waals surface area contributed by atoms with E-state index in [2.05, 4.69) is 0 Å². The van der Waals surface area contributed by atoms with Crippen LogP contribution in [0.1, 0.15) is 20.8 Å². The van der Waals surface area contributed by atoms with E-state index in [0.29, 0.717) is 16.2 Å². The molecule has 2 aromatic carbocycles. The number of rotatable bonds is 4. The SMILES string of the molecule is COC(=O)c1cc2ccc(OCc3ccc(C(F)(F)F)cc3)cc2s1. The first-order valence-corrected chi connectivity index (χ1v) is 8.09. The summed E-state index contributed by atoms with van der Waals surface area (Å²) in [4.78, 5) is 12.1. The molecular formula is C18H13F3O3S. The zero-order valence-electron chi connectivity index (χ0n) is 13.1. The Balaban J connectivity index is 1.71. The Morgan fingerprint density at radius 1 is 1.08 bits per heavy atom. The number of methoxy groups -OCH3 is 1. The molecule has 0 atom stereocenters. The lowest BCUT2D eigenvalue weighted by atomic mass is 10.1. The summed E-state index contributed by atoms with van der Waals surface area (Å²) in [5.41, 5.74) is -0.0545. The second-order valence-electron chi connectivity index (χ2n) is 5.29. The Morgan fingerprint density at radius 3 is 2.44 bits per heavy atom. The predicted molar refractivity (Wildman–Crippen MR) is 88.9 cm³/mol. The molecule has 0 aliphatic carbocycles. The number of carbonyl (C=O) groups excluding carboxylic acids is 1. The molecule has 3 aromatic rings. The van der Waals surface area contributed by atoms with Crippen LogP contribution in [0.3, 0.4) is 0 Å². The summed E-state index contributed by atoms with van der Waals surface area (Å²) in [5.74, 6) is 0.180. The lowest BCUT2D eigenvalue weighted by Crippen LogP contribution is -2.05. The summed E-state index contributed by atoms with van der Waals surface area (Å²) in [6.45, 7) is 0.152. The molecule has 0 amide bonds. The molecular weight excluding hydrogens is 353 g/mol. The van der Waals surface area contributed by atoms with E-state index in [1.807, 2.05) is 6.07 Å². The Kier molecular flexibility index (Phi) is 4.67. The van der Waals surface area contributed by atoms with E-state index in [4.69, 9.17) is 9.47 Å². The third-order valence-corrected chi connectivity index (χ3v) is 4.64. The van der Waals surface area contributed by atoms with Crippen LogP contribution >= 0.6 is 11.3 Å². The topological polar surface area (TPSA) is 35.5 Å². The molecule has 0 fully saturated rings. The summed E-state index contributed by atoms with van der Waals surface area (Å²) >= 11 is 1.29. The lowest BCUT2D eigenvalue weighted by molar-refractivity contribution is -0.137. The molecule has 7 heteroatoms. The van der Waals surface area contributed by atoms with E-state index in [1.54, 1.807) is 18.2 Å². The summed E-state index contributed by atoms with van der Waals surface area (Å²) in [7, 11) is 1.32. The smallest absolute Gasteiger partial charge is 0.416 e. The van der Waals surface area contributed by atoms with Crippen molar-refractivity contribution in [2.24, 2.45) is 0 Å². The van der Waals surface area contributed by atoms with Crippen LogP contribution in [0, 0.1) is 0 Å². The molecule has 0 bridgehead atoms. The molecule has 0 saturated heterocycles. The minimum Gasteiger partial charge on any atom is -0.489 e. The number of fused-ring (bicyclic) bond motifs is 1. The summed E-state index contributed by atoms with van der Waals surface area (Å²) in [5, 5.41) is 0.896. The van der Waals surface area contributed by atoms with Gasteiger partial charge in [-0.3, -0.25) is 0 Å². The Labute approximate surface area is 145 Å². The summed E-state index contributed by atoms with van der Waals surface area (Å²) in [6, 6.07) is 11.9. The number of hydrogen-bond acceptors (Lipinski definition) is 4. The highest BCUT2D eigenvalue weighted by molar-refractivity contribution is 7.20. The molecule has 0 unspecified atom stereocenters. The zero-order valence-corrected chi connectivity index (χ0v) is 13.9. The molecule has 1 aromatic heterocycles. The summed E-state index contributed by atoms with van der Waals surface area (Å²) in [6.07, 6.45) is -4.35. The molecule has 0 N–H and O–H groups in total. The normalized spacial score (nSPS) is 11.5. The Morgan fingerprint density at radius 2 is 1.80 bits per heavy atom.